The molecule has 3 nitrogen and oxygen atoms in total. The molecule has 1 saturated carbocycles. The van der Waals surface area contributed by atoms with Crippen molar-refractivity contribution in [2.45, 2.75) is 38.6 Å². The molecular formula is C17H23NO2. The Morgan fingerprint density at radius 2 is 2.00 bits per heavy atom. The average molecular weight is 273 g/mol. The Bertz CT molecular complexity index is 447. The molecule has 2 rings (SSSR count). The minimum atomic E-state index is 0.134. The van der Waals surface area contributed by atoms with E-state index in [9.17, 15) is 4.79 Å². The molecule has 0 saturated heterocycles. The van der Waals surface area contributed by atoms with Crippen molar-refractivity contribution in [1.82, 2.24) is 4.90 Å². The Labute approximate surface area is 121 Å². The molecule has 0 N–H and O–H groups in total. The molecule has 0 spiro atoms. The molecule has 1 aliphatic carbocycles. The lowest BCUT2D eigenvalue weighted by Crippen LogP contribution is -2.38. The van der Waals surface area contributed by atoms with Gasteiger partial charge in [0.15, 0.2) is 0 Å². The zero-order chi connectivity index (χ0) is 14.4. The molecule has 0 atom stereocenters. The van der Waals surface area contributed by atoms with E-state index in [1.165, 1.54) is 12.8 Å². The Balaban J connectivity index is 2.04. The minimum absolute atomic E-state index is 0.134. The predicted octanol–water partition coefficient (Wildman–Crippen LogP) is 3.66. The van der Waals surface area contributed by atoms with Gasteiger partial charge in [-0.3, -0.25) is 4.79 Å². The van der Waals surface area contributed by atoms with Gasteiger partial charge < -0.3 is 9.64 Å². The van der Waals surface area contributed by atoms with E-state index in [1.807, 2.05) is 29.2 Å². The van der Waals surface area contributed by atoms with Crippen LogP contribution in [0.4, 0.5) is 0 Å². The van der Waals surface area contributed by atoms with Crippen LogP contribution >= 0.6 is 0 Å². The van der Waals surface area contributed by atoms with Gasteiger partial charge in [-0.1, -0.05) is 25.5 Å². The third-order valence-corrected chi connectivity index (χ3v) is 3.84. The standard InChI is InChI=1S/C17H23NO2/c1-3-13-20-16-11-9-14(10-12-16)17(19)18(4-2)15-7-5-6-8-15/h3,9-12,15H,1,4-8,13H2,2H3. The highest BCUT2D eigenvalue weighted by Crippen LogP contribution is 2.25. The van der Waals surface area contributed by atoms with Crippen LogP contribution in [0.1, 0.15) is 43.0 Å². The van der Waals surface area contributed by atoms with Crippen molar-refractivity contribution >= 4 is 5.91 Å². The minimum Gasteiger partial charge on any atom is -0.490 e. The van der Waals surface area contributed by atoms with Crippen LogP contribution < -0.4 is 4.74 Å². The van der Waals surface area contributed by atoms with E-state index >= 15 is 0 Å². The van der Waals surface area contributed by atoms with E-state index in [0.717, 1.165) is 30.7 Å². The first-order chi connectivity index (χ1) is 9.76. The van der Waals surface area contributed by atoms with Crippen LogP contribution in [0.25, 0.3) is 0 Å². The normalized spacial score (nSPS) is 15.1. The molecule has 20 heavy (non-hydrogen) atoms. The number of rotatable bonds is 6. The van der Waals surface area contributed by atoms with Crippen LogP contribution in [0, 0.1) is 0 Å². The quantitative estimate of drug-likeness (QED) is 0.740. The number of nitrogens with zero attached hydrogens (tertiary/aromatic N) is 1. The molecule has 108 valence electrons. The second-order valence-electron chi connectivity index (χ2n) is 5.15. The second-order valence-corrected chi connectivity index (χ2v) is 5.15. The molecule has 0 aromatic heterocycles. The van der Waals surface area contributed by atoms with Crippen molar-refractivity contribution < 1.29 is 9.53 Å². The number of hydrogen-bond donors (Lipinski definition) is 0. The number of carbonyl (C=O) groups excluding carboxylic acids is 1. The molecule has 1 aromatic rings. The number of hydrogen-bond acceptors (Lipinski definition) is 2. The lowest BCUT2D eigenvalue weighted by atomic mass is 10.1. The van der Waals surface area contributed by atoms with Crippen LogP contribution in [0.5, 0.6) is 5.75 Å². The van der Waals surface area contributed by atoms with E-state index in [2.05, 4.69) is 13.5 Å². The zero-order valence-electron chi connectivity index (χ0n) is 12.2. The van der Waals surface area contributed by atoms with Gasteiger partial charge in [0, 0.05) is 18.2 Å². The lowest BCUT2D eigenvalue weighted by molar-refractivity contribution is 0.0693. The van der Waals surface area contributed by atoms with Gasteiger partial charge in [-0.05, 0) is 44.0 Å². The third kappa shape index (κ3) is 3.41. The molecule has 3 heteroatoms. The maximum absolute atomic E-state index is 12.6. The molecule has 1 amide bonds. The lowest BCUT2D eigenvalue weighted by Gasteiger charge is -2.27. The monoisotopic (exact) mass is 273 g/mol. The average Bonchev–Trinajstić information content (AvgIpc) is 3.00. The van der Waals surface area contributed by atoms with Gasteiger partial charge in [-0.15, -0.1) is 0 Å². The molecular weight excluding hydrogens is 250 g/mol. The summed E-state index contributed by atoms with van der Waals surface area (Å²) in [6.45, 7) is 6.93. The van der Waals surface area contributed by atoms with Crippen molar-refractivity contribution in [3.63, 3.8) is 0 Å². The Hall–Kier alpha value is -1.77. The molecule has 0 radical (unpaired) electrons. The molecule has 0 heterocycles. The summed E-state index contributed by atoms with van der Waals surface area (Å²) in [6.07, 6.45) is 6.46. The summed E-state index contributed by atoms with van der Waals surface area (Å²) in [5, 5.41) is 0. The van der Waals surface area contributed by atoms with Crippen LogP contribution in [0.15, 0.2) is 36.9 Å². The van der Waals surface area contributed by atoms with Gasteiger partial charge in [-0.25, -0.2) is 0 Å². The summed E-state index contributed by atoms with van der Waals surface area (Å²) in [5.74, 6) is 0.903. The molecule has 1 aromatic carbocycles. The molecule has 0 aliphatic heterocycles. The summed E-state index contributed by atoms with van der Waals surface area (Å²) in [4.78, 5) is 14.6. The Morgan fingerprint density at radius 1 is 1.35 bits per heavy atom. The first kappa shape index (κ1) is 14.6. The van der Waals surface area contributed by atoms with Gasteiger partial charge in [0.1, 0.15) is 12.4 Å². The predicted molar refractivity (Wildman–Crippen MR) is 81.1 cm³/mol. The SMILES string of the molecule is C=CCOc1ccc(C(=O)N(CC)C2CCCC2)cc1. The summed E-state index contributed by atoms with van der Waals surface area (Å²) in [7, 11) is 0. The van der Waals surface area contributed by atoms with Crippen molar-refractivity contribution in [2.24, 2.45) is 0 Å². The van der Waals surface area contributed by atoms with Gasteiger partial charge in [0.2, 0.25) is 0 Å². The highest BCUT2D eigenvalue weighted by Gasteiger charge is 2.25. The van der Waals surface area contributed by atoms with E-state index in [-0.39, 0.29) is 5.91 Å². The van der Waals surface area contributed by atoms with Crippen LogP contribution in [0.2, 0.25) is 0 Å². The number of ether oxygens (including phenoxy) is 1. The summed E-state index contributed by atoms with van der Waals surface area (Å²) in [5.41, 5.74) is 0.740. The molecule has 0 bridgehead atoms. The van der Waals surface area contributed by atoms with Gasteiger partial charge in [0.25, 0.3) is 5.91 Å². The summed E-state index contributed by atoms with van der Waals surface area (Å²) < 4.78 is 5.43. The van der Waals surface area contributed by atoms with Crippen molar-refractivity contribution in [3.8, 4) is 5.75 Å². The molecule has 0 unspecified atom stereocenters. The van der Waals surface area contributed by atoms with E-state index in [1.54, 1.807) is 6.08 Å². The van der Waals surface area contributed by atoms with Crippen LogP contribution in [-0.2, 0) is 0 Å². The fourth-order valence-corrected chi connectivity index (χ4v) is 2.80. The van der Waals surface area contributed by atoms with E-state index in [0.29, 0.717) is 12.6 Å². The Kier molecular flexibility index (Phi) is 5.22. The smallest absolute Gasteiger partial charge is 0.254 e. The zero-order valence-corrected chi connectivity index (χ0v) is 12.2. The first-order valence-electron chi connectivity index (χ1n) is 7.41. The van der Waals surface area contributed by atoms with Crippen molar-refractivity contribution in [3.05, 3.63) is 42.5 Å². The fraction of sp³-hybridized carbons (Fsp3) is 0.471. The first-order valence-corrected chi connectivity index (χ1v) is 7.41. The fourth-order valence-electron chi connectivity index (χ4n) is 2.80. The third-order valence-electron chi connectivity index (χ3n) is 3.84. The van der Waals surface area contributed by atoms with Gasteiger partial charge >= 0.3 is 0 Å². The maximum Gasteiger partial charge on any atom is 0.254 e. The van der Waals surface area contributed by atoms with Gasteiger partial charge in [-0.2, -0.15) is 0 Å². The number of amides is 1. The second kappa shape index (κ2) is 7.13. The summed E-state index contributed by atoms with van der Waals surface area (Å²) >= 11 is 0. The van der Waals surface area contributed by atoms with Crippen molar-refractivity contribution in [2.75, 3.05) is 13.2 Å². The Morgan fingerprint density at radius 3 is 2.55 bits per heavy atom. The topological polar surface area (TPSA) is 29.5 Å². The van der Waals surface area contributed by atoms with Crippen molar-refractivity contribution in [1.29, 1.82) is 0 Å². The van der Waals surface area contributed by atoms with Crippen LogP contribution in [0.3, 0.4) is 0 Å². The molecule has 1 fully saturated rings. The van der Waals surface area contributed by atoms with Gasteiger partial charge in [0.05, 0.1) is 0 Å². The number of benzene rings is 1. The highest BCUT2D eigenvalue weighted by atomic mass is 16.5. The van der Waals surface area contributed by atoms with E-state index < -0.39 is 0 Å². The molecule has 1 aliphatic rings. The van der Waals surface area contributed by atoms with E-state index in [4.69, 9.17) is 4.74 Å². The summed E-state index contributed by atoms with van der Waals surface area (Å²) in [6, 6.07) is 7.80. The highest BCUT2D eigenvalue weighted by molar-refractivity contribution is 5.94. The van der Waals surface area contributed by atoms with Crippen LogP contribution in [-0.4, -0.2) is 30.0 Å². The largest absolute Gasteiger partial charge is 0.490 e. The number of carbonyl (C=O) groups is 1. The maximum atomic E-state index is 12.6.